The molecule has 0 aromatic heterocycles. The molecule has 0 unspecified atom stereocenters. The zero-order valence-electron chi connectivity index (χ0n) is 11.2. The van der Waals surface area contributed by atoms with Crippen LogP contribution in [0.1, 0.15) is 38.5 Å². The van der Waals surface area contributed by atoms with Crippen LogP contribution in [0.3, 0.4) is 0 Å². The van der Waals surface area contributed by atoms with E-state index in [4.69, 9.17) is 35.9 Å². The van der Waals surface area contributed by atoms with Gasteiger partial charge in [-0.1, -0.05) is 60.8 Å². The summed E-state index contributed by atoms with van der Waals surface area (Å²) in [6.07, 6.45) is 7.40. The molecule has 7 heteroatoms. The first kappa shape index (κ1) is 17.5. The number of rotatable bonds is 7. The summed E-state index contributed by atoms with van der Waals surface area (Å²) in [5.74, 6) is 1.01. The monoisotopic (exact) mass is 337 g/mol. The Hall–Kier alpha value is 0.440. The van der Waals surface area contributed by atoms with Gasteiger partial charge in [-0.3, -0.25) is 4.90 Å². The number of hydrogen-bond donors (Lipinski definition) is 2. The molecule has 0 aliphatic carbocycles. The van der Waals surface area contributed by atoms with E-state index in [0.717, 1.165) is 18.6 Å². The van der Waals surface area contributed by atoms with Crippen LogP contribution < -0.4 is 11.5 Å². The van der Waals surface area contributed by atoms with Gasteiger partial charge in [-0.05, 0) is 38.8 Å². The standard InChI is InChI=1S/C12H23N3S4/c13-11(16)18-9-5-2-6-10(19-12(14)17)15-7-3-1-4-8-15/h10H,1-9H2,(H2,13,16)(H2,14,17)/t10-/m0/s1. The molecule has 1 heterocycles. The van der Waals surface area contributed by atoms with E-state index in [1.807, 2.05) is 0 Å². The topological polar surface area (TPSA) is 55.3 Å². The highest BCUT2D eigenvalue weighted by molar-refractivity contribution is 8.23. The predicted octanol–water partition coefficient (Wildman–Crippen LogP) is 2.92. The summed E-state index contributed by atoms with van der Waals surface area (Å²) < 4.78 is 1.11. The molecule has 1 aliphatic heterocycles. The molecule has 4 N–H and O–H groups in total. The minimum absolute atomic E-state index is 0.452. The average Bonchev–Trinajstić information content (AvgIpc) is 2.37. The number of nitrogens with zero attached hydrogens (tertiary/aromatic N) is 1. The summed E-state index contributed by atoms with van der Waals surface area (Å²) in [5.41, 5.74) is 11.2. The van der Waals surface area contributed by atoms with Crippen LogP contribution in [0.2, 0.25) is 0 Å². The van der Waals surface area contributed by atoms with Crippen LogP contribution in [0.4, 0.5) is 0 Å². The molecule has 1 fully saturated rings. The molecule has 0 amide bonds. The Balaban J connectivity index is 2.28. The Kier molecular flexibility index (Phi) is 9.40. The third-order valence-corrected chi connectivity index (χ3v) is 5.60. The molecule has 1 rings (SSSR count). The maximum absolute atomic E-state index is 5.70. The van der Waals surface area contributed by atoms with Crippen molar-refractivity contribution in [1.29, 1.82) is 0 Å². The highest BCUT2D eigenvalue weighted by Crippen LogP contribution is 2.25. The molecule has 3 nitrogen and oxygen atoms in total. The van der Waals surface area contributed by atoms with Crippen LogP contribution in [0.5, 0.6) is 0 Å². The van der Waals surface area contributed by atoms with Gasteiger partial charge >= 0.3 is 0 Å². The Morgan fingerprint density at radius 2 is 1.74 bits per heavy atom. The van der Waals surface area contributed by atoms with Gasteiger partial charge in [0.1, 0.15) is 8.64 Å². The van der Waals surface area contributed by atoms with E-state index in [1.165, 1.54) is 38.8 Å². The molecule has 0 radical (unpaired) electrons. The van der Waals surface area contributed by atoms with Crippen LogP contribution in [-0.2, 0) is 0 Å². The zero-order chi connectivity index (χ0) is 14.1. The van der Waals surface area contributed by atoms with Crippen LogP contribution in [0.25, 0.3) is 0 Å². The first-order chi connectivity index (χ1) is 9.09. The van der Waals surface area contributed by atoms with Gasteiger partial charge in [0.05, 0.1) is 5.37 Å². The summed E-state index contributed by atoms with van der Waals surface area (Å²) in [7, 11) is 0. The Bertz CT molecular complexity index is 293. The lowest BCUT2D eigenvalue weighted by atomic mass is 10.1. The van der Waals surface area contributed by atoms with Crippen molar-refractivity contribution >= 4 is 56.6 Å². The molecule has 110 valence electrons. The third-order valence-electron chi connectivity index (χ3n) is 3.14. The highest BCUT2D eigenvalue weighted by atomic mass is 32.2. The molecule has 19 heavy (non-hydrogen) atoms. The average molecular weight is 338 g/mol. The van der Waals surface area contributed by atoms with E-state index in [0.29, 0.717) is 14.0 Å². The second-order valence-corrected chi connectivity index (χ2v) is 8.40. The summed E-state index contributed by atoms with van der Waals surface area (Å²) in [6.45, 7) is 2.36. The first-order valence-corrected chi connectivity index (χ1v) is 9.40. The maximum Gasteiger partial charge on any atom is 0.132 e. The van der Waals surface area contributed by atoms with Crippen molar-refractivity contribution in [3.63, 3.8) is 0 Å². The fraction of sp³-hybridized carbons (Fsp3) is 0.833. The summed E-state index contributed by atoms with van der Waals surface area (Å²) in [6, 6.07) is 0. The van der Waals surface area contributed by atoms with Crippen LogP contribution in [-0.4, -0.2) is 37.8 Å². The quantitative estimate of drug-likeness (QED) is 0.547. The van der Waals surface area contributed by atoms with E-state index in [1.54, 1.807) is 23.5 Å². The summed E-state index contributed by atoms with van der Waals surface area (Å²) >= 11 is 13.1. The number of hydrogen-bond acceptors (Lipinski definition) is 5. The van der Waals surface area contributed by atoms with Gasteiger partial charge in [-0.15, -0.1) is 0 Å². The summed E-state index contributed by atoms with van der Waals surface area (Å²) in [5, 5.41) is 0.452. The second-order valence-electron chi connectivity index (χ2n) is 4.65. The summed E-state index contributed by atoms with van der Waals surface area (Å²) in [4.78, 5) is 2.54. The van der Waals surface area contributed by atoms with E-state index in [-0.39, 0.29) is 0 Å². The Morgan fingerprint density at radius 3 is 2.32 bits per heavy atom. The van der Waals surface area contributed by atoms with Crippen molar-refractivity contribution in [3.8, 4) is 0 Å². The predicted molar refractivity (Wildman–Crippen MR) is 96.7 cm³/mol. The Morgan fingerprint density at radius 1 is 1.05 bits per heavy atom. The van der Waals surface area contributed by atoms with Gasteiger partial charge in [0.25, 0.3) is 0 Å². The zero-order valence-corrected chi connectivity index (χ0v) is 14.4. The SMILES string of the molecule is NC(=S)SCCCC[C@H](SC(N)=S)N1CCCCC1. The minimum atomic E-state index is 0.452. The number of thioether (sulfide) groups is 2. The van der Waals surface area contributed by atoms with E-state index >= 15 is 0 Å². The molecular formula is C12H23N3S4. The van der Waals surface area contributed by atoms with E-state index < -0.39 is 0 Å². The van der Waals surface area contributed by atoms with Crippen molar-refractivity contribution in [3.05, 3.63) is 0 Å². The lowest BCUT2D eigenvalue weighted by Gasteiger charge is -2.33. The van der Waals surface area contributed by atoms with Gasteiger partial charge in [0.2, 0.25) is 0 Å². The van der Waals surface area contributed by atoms with Gasteiger partial charge in [0, 0.05) is 5.75 Å². The number of unbranched alkanes of at least 4 members (excludes halogenated alkanes) is 1. The van der Waals surface area contributed by atoms with Crippen LogP contribution in [0.15, 0.2) is 0 Å². The van der Waals surface area contributed by atoms with Gasteiger partial charge in [-0.25, -0.2) is 0 Å². The molecule has 1 atom stereocenters. The molecule has 0 saturated carbocycles. The lowest BCUT2D eigenvalue weighted by Crippen LogP contribution is -2.38. The van der Waals surface area contributed by atoms with Crippen molar-refractivity contribution in [2.24, 2.45) is 11.5 Å². The Labute approximate surface area is 135 Å². The number of likely N-dealkylation sites (tertiary alicyclic amines) is 1. The normalized spacial score (nSPS) is 18.1. The third kappa shape index (κ3) is 8.34. The smallest absolute Gasteiger partial charge is 0.132 e. The van der Waals surface area contributed by atoms with Gasteiger partial charge in [-0.2, -0.15) is 0 Å². The van der Waals surface area contributed by atoms with E-state index in [2.05, 4.69) is 4.90 Å². The molecule has 0 bridgehead atoms. The number of piperidine rings is 1. The maximum atomic E-state index is 5.70. The fourth-order valence-corrected chi connectivity index (χ4v) is 4.30. The number of thiocarbonyl (C=S) groups is 2. The van der Waals surface area contributed by atoms with Crippen molar-refractivity contribution in [1.82, 2.24) is 4.90 Å². The minimum Gasteiger partial charge on any atom is -0.385 e. The lowest BCUT2D eigenvalue weighted by molar-refractivity contribution is 0.206. The molecule has 0 aromatic carbocycles. The van der Waals surface area contributed by atoms with Crippen molar-refractivity contribution < 1.29 is 0 Å². The van der Waals surface area contributed by atoms with E-state index in [9.17, 15) is 0 Å². The van der Waals surface area contributed by atoms with Crippen molar-refractivity contribution in [2.45, 2.75) is 43.9 Å². The van der Waals surface area contributed by atoms with Gasteiger partial charge < -0.3 is 11.5 Å². The molecule has 0 aromatic rings. The van der Waals surface area contributed by atoms with Crippen molar-refractivity contribution in [2.75, 3.05) is 18.8 Å². The number of nitrogens with two attached hydrogens (primary N) is 2. The molecular weight excluding hydrogens is 314 g/mol. The fourth-order valence-electron chi connectivity index (χ4n) is 2.25. The van der Waals surface area contributed by atoms with Crippen LogP contribution >= 0.6 is 48.0 Å². The molecule has 1 aliphatic rings. The largest absolute Gasteiger partial charge is 0.385 e. The van der Waals surface area contributed by atoms with Crippen LogP contribution in [0, 0.1) is 0 Å². The first-order valence-electron chi connectivity index (χ1n) is 6.72. The highest BCUT2D eigenvalue weighted by Gasteiger charge is 2.21. The second kappa shape index (κ2) is 10.2. The molecule has 0 spiro atoms. The molecule has 1 saturated heterocycles. The van der Waals surface area contributed by atoms with Gasteiger partial charge in [0.15, 0.2) is 0 Å².